The van der Waals surface area contributed by atoms with Crippen molar-refractivity contribution in [1.29, 1.82) is 0 Å². The van der Waals surface area contributed by atoms with Crippen molar-refractivity contribution in [3.05, 3.63) is 63.4 Å². The van der Waals surface area contributed by atoms with Gasteiger partial charge in [0.15, 0.2) is 0 Å². The second kappa shape index (κ2) is 10.1. The number of hydrogen-bond acceptors (Lipinski definition) is 4. The third-order valence-electron chi connectivity index (χ3n) is 6.01. The molecular formula is C24H27Cl2N3O2. The van der Waals surface area contributed by atoms with Gasteiger partial charge in [-0.2, -0.15) is 0 Å². The van der Waals surface area contributed by atoms with Gasteiger partial charge >= 0.3 is 0 Å². The van der Waals surface area contributed by atoms with E-state index < -0.39 is 0 Å². The van der Waals surface area contributed by atoms with E-state index in [1.165, 1.54) is 19.4 Å². The van der Waals surface area contributed by atoms with E-state index in [0.717, 1.165) is 43.2 Å². The van der Waals surface area contributed by atoms with Crippen molar-refractivity contribution < 1.29 is 9.59 Å². The molecule has 164 valence electrons. The third kappa shape index (κ3) is 6.28. The van der Waals surface area contributed by atoms with Crippen LogP contribution < -0.4 is 0 Å². The van der Waals surface area contributed by atoms with Gasteiger partial charge in [0.1, 0.15) is 11.5 Å². The maximum absolute atomic E-state index is 12.7. The standard InChI is InChI=1S/C24H27Cl2N3O2/c25-20-6-5-19(22(26)14-20)13-21(30)7-3-17-4-8-23(27-15-17)24(31)29-11-9-28(10-12-29)16-18-1-2-18/h4-6,8,14-15,18H,1-3,7,9-13,16H2. The number of carbonyl (C=O) groups excluding carboxylic acids is 2. The number of pyridine rings is 1. The number of aromatic nitrogens is 1. The van der Waals surface area contributed by atoms with Gasteiger partial charge in [-0.25, -0.2) is 0 Å². The van der Waals surface area contributed by atoms with Gasteiger partial charge in [0.05, 0.1) is 0 Å². The molecule has 1 aromatic carbocycles. The van der Waals surface area contributed by atoms with Crippen LogP contribution in [0.15, 0.2) is 36.5 Å². The number of aryl methyl sites for hydroxylation is 1. The van der Waals surface area contributed by atoms with Gasteiger partial charge in [-0.1, -0.05) is 35.3 Å². The molecule has 0 N–H and O–H groups in total. The fraction of sp³-hybridized carbons (Fsp3) is 0.458. The quantitative estimate of drug-likeness (QED) is 0.590. The highest BCUT2D eigenvalue weighted by molar-refractivity contribution is 6.35. The molecule has 2 heterocycles. The normalized spacial score (nSPS) is 17.0. The van der Waals surface area contributed by atoms with Crippen molar-refractivity contribution in [2.45, 2.75) is 32.1 Å². The molecule has 2 aromatic rings. The van der Waals surface area contributed by atoms with Crippen LogP contribution in [-0.4, -0.2) is 59.2 Å². The van der Waals surface area contributed by atoms with Gasteiger partial charge in [-0.3, -0.25) is 19.5 Å². The molecule has 31 heavy (non-hydrogen) atoms. The molecule has 1 aliphatic heterocycles. The molecule has 1 saturated carbocycles. The lowest BCUT2D eigenvalue weighted by molar-refractivity contribution is -0.118. The van der Waals surface area contributed by atoms with E-state index in [2.05, 4.69) is 9.88 Å². The Hall–Kier alpha value is -1.95. The second-order valence-electron chi connectivity index (χ2n) is 8.54. The summed E-state index contributed by atoms with van der Waals surface area (Å²) in [6, 6.07) is 8.85. The summed E-state index contributed by atoms with van der Waals surface area (Å²) in [5, 5.41) is 1.07. The number of ketones is 1. The Kier molecular flexibility index (Phi) is 7.26. The number of nitrogens with zero attached hydrogens (tertiary/aromatic N) is 3. The predicted octanol–water partition coefficient (Wildman–Crippen LogP) is 4.30. The first-order chi connectivity index (χ1) is 15.0. The predicted molar refractivity (Wildman–Crippen MR) is 123 cm³/mol. The topological polar surface area (TPSA) is 53.5 Å². The van der Waals surface area contributed by atoms with E-state index in [9.17, 15) is 9.59 Å². The van der Waals surface area contributed by atoms with E-state index >= 15 is 0 Å². The lowest BCUT2D eigenvalue weighted by atomic mass is 10.0. The Bertz CT molecular complexity index is 936. The van der Waals surface area contributed by atoms with Gasteiger partial charge in [-0.05, 0) is 54.5 Å². The highest BCUT2D eigenvalue weighted by atomic mass is 35.5. The summed E-state index contributed by atoms with van der Waals surface area (Å²) < 4.78 is 0. The molecule has 4 rings (SSSR count). The maximum atomic E-state index is 12.7. The molecule has 0 spiro atoms. The lowest BCUT2D eigenvalue weighted by Crippen LogP contribution is -2.49. The number of rotatable bonds is 8. The largest absolute Gasteiger partial charge is 0.335 e. The summed E-state index contributed by atoms with van der Waals surface area (Å²) in [5.74, 6) is 0.978. The highest BCUT2D eigenvalue weighted by Crippen LogP contribution is 2.30. The molecule has 0 radical (unpaired) electrons. The molecule has 1 saturated heterocycles. The number of benzene rings is 1. The number of Topliss-reactive ketones (excluding diaryl/α,β-unsaturated/α-hetero) is 1. The van der Waals surface area contributed by atoms with Crippen LogP contribution in [0.3, 0.4) is 0 Å². The zero-order chi connectivity index (χ0) is 21.8. The van der Waals surface area contributed by atoms with Crippen LogP contribution in [0.2, 0.25) is 10.0 Å². The van der Waals surface area contributed by atoms with Crippen molar-refractivity contribution in [2.24, 2.45) is 5.92 Å². The summed E-state index contributed by atoms with van der Waals surface area (Å²) in [4.78, 5) is 33.8. The van der Waals surface area contributed by atoms with Gasteiger partial charge in [0.2, 0.25) is 0 Å². The zero-order valence-corrected chi connectivity index (χ0v) is 19.0. The number of amides is 1. The van der Waals surface area contributed by atoms with Crippen molar-refractivity contribution >= 4 is 34.9 Å². The zero-order valence-electron chi connectivity index (χ0n) is 17.5. The Labute approximate surface area is 193 Å². The summed E-state index contributed by atoms with van der Waals surface area (Å²) in [6.07, 6.45) is 5.69. The summed E-state index contributed by atoms with van der Waals surface area (Å²) in [7, 11) is 0. The Morgan fingerprint density at radius 3 is 2.45 bits per heavy atom. The number of hydrogen-bond donors (Lipinski definition) is 0. The van der Waals surface area contributed by atoms with Crippen LogP contribution in [-0.2, 0) is 17.6 Å². The minimum absolute atomic E-state index is 0.00826. The SMILES string of the molecule is O=C(CCc1ccc(C(=O)N2CCN(CC3CC3)CC2)nc1)Cc1ccc(Cl)cc1Cl. The van der Waals surface area contributed by atoms with Gasteiger partial charge in [-0.15, -0.1) is 0 Å². The van der Waals surface area contributed by atoms with E-state index in [0.29, 0.717) is 28.6 Å². The van der Waals surface area contributed by atoms with Crippen LogP contribution >= 0.6 is 23.2 Å². The van der Waals surface area contributed by atoms with Crippen molar-refractivity contribution in [1.82, 2.24) is 14.8 Å². The van der Waals surface area contributed by atoms with E-state index in [1.807, 2.05) is 11.0 Å². The number of carbonyl (C=O) groups is 2. The average Bonchev–Trinajstić information content (AvgIpc) is 3.59. The maximum Gasteiger partial charge on any atom is 0.272 e. The highest BCUT2D eigenvalue weighted by Gasteiger charge is 2.28. The first kappa shape index (κ1) is 22.3. The molecule has 1 aliphatic carbocycles. The summed E-state index contributed by atoms with van der Waals surface area (Å²) >= 11 is 12.0. The molecule has 0 bridgehead atoms. The van der Waals surface area contributed by atoms with E-state index in [4.69, 9.17) is 23.2 Å². The molecule has 0 atom stereocenters. The summed E-state index contributed by atoms with van der Waals surface area (Å²) in [6.45, 7) is 4.59. The van der Waals surface area contributed by atoms with E-state index in [-0.39, 0.29) is 18.1 Å². The molecule has 2 fully saturated rings. The molecule has 0 unspecified atom stereocenters. The smallest absolute Gasteiger partial charge is 0.272 e. The fourth-order valence-corrected chi connectivity index (χ4v) is 4.38. The van der Waals surface area contributed by atoms with Crippen molar-refractivity contribution in [3.63, 3.8) is 0 Å². The molecule has 1 aromatic heterocycles. The lowest BCUT2D eigenvalue weighted by Gasteiger charge is -2.34. The fourth-order valence-electron chi connectivity index (χ4n) is 3.91. The monoisotopic (exact) mass is 459 g/mol. The van der Waals surface area contributed by atoms with Crippen molar-refractivity contribution in [2.75, 3.05) is 32.7 Å². The van der Waals surface area contributed by atoms with E-state index in [1.54, 1.807) is 30.5 Å². The third-order valence-corrected chi connectivity index (χ3v) is 6.60. The second-order valence-corrected chi connectivity index (χ2v) is 9.38. The molecule has 5 nitrogen and oxygen atoms in total. The van der Waals surface area contributed by atoms with Gasteiger partial charge in [0, 0.05) is 61.8 Å². The molecular weight excluding hydrogens is 433 g/mol. The first-order valence-electron chi connectivity index (χ1n) is 10.9. The van der Waals surface area contributed by atoms with Crippen LogP contribution in [0.5, 0.6) is 0 Å². The Balaban J connectivity index is 1.24. The van der Waals surface area contributed by atoms with Crippen molar-refractivity contribution in [3.8, 4) is 0 Å². The van der Waals surface area contributed by atoms with Crippen LogP contribution in [0.4, 0.5) is 0 Å². The minimum Gasteiger partial charge on any atom is -0.335 e. The Morgan fingerprint density at radius 1 is 1.03 bits per heavy atom. The van der Waals surface area contributed by atoms with Crippen LogP contribution in [0.1, 0.15) is 40.9 Å². The molecule has 1 amide bonds. The first-order valence-corrected chi connectivity index (χ1v) is 11.7. The average molecular weight is 460 g/mol. The van der Waals surface area contributed by atoms with Gasteiger partial charge in [0.25, 0.3) is 5.91 Å². The molecule has 7 heteroatoms. The Morgan fingerprint density at radius 2 is 1.81 bits per heavy atom. The minimum atomic E-state index is -0.00826. The number of piperazine rings is 1. The number of halogens is 2. The summed E-state index contributed by atoms with van der Waals surface area (Å²) in [5.41, 5.74) is 2.20. The van der Waals surface area contributed by atoms with Crippen LogP contribution in [0.25, 0.3) is 0 Å². The van der Waals surface area contributed by atoms with Crippen LogP contribution in [0, 0.1) is 5.92 Å². The van der Waals surface area contributed by atoms with Gasteiger partial charge < -0.3 is 4.90 Å². The molecule has 2 aliphatic rings.